The van der Waals surface area contributed by atoms with Gasteiger partial charge in [-0.15, -0.1) is 0 Å². The van der Waals surface area contributed by atoms with Gasteiger partial charge in [-0.3, -0.25) is 9.89 Å². The van der Waals surface area contributed by atoms with E-state index >= 15 is 0 Å². The number of aromatic amines is 1. The number of carbonyl (C=O) groups excluding carboxylic acids is 1. The highest BCUT2D eigenvalue weighted by molar-refractivity contribution is 6.01. The van der Waals surface area contributed by atoms with Gasteiger partial charge in [0.2, 0.25) is 5.91 Å². The van der Waals surface area contributed by atoms with Crippen LogP contribution in [-0.4, -0.2) is 16.1 Å². The molecule has 25 heavy (non-hydrogen) atoms. The molecule has 2 unspecified atom stereocenters. The van der Waals surface area contributed by atoms with E-state index in [1.807, 2.05) is 42.5 Å². The van der Waals surface area contributed by atoms with Gasteiger partial charge < -0.3 is 9.73 Å². The minimum atomic E-state index is -0.188. The second-order valence-corrected chi connectivity index (χ2v) is 6.43. The van der Waals surface area contributed by atoms with Crippen molar-refractivity contribution in [1.82, 2.24) is 10.2 Å². The Labute approximate surface area is 145 Å². The number of aromatic nitrogens is 2. The highest BCUT2D eigenvalue weighted by atomic mass is 16.3. The van der Waals surface area contributed by atoms with Gasteiger partial charge in [0.05, 0.1) is 5.69 Å². The summed E-state index contributed by atoms with van der Waals surface area (Å²) in [6, 6.07) is 13.4. The van der Waals surface area contributed by atoms with Crippen LogP contribution in [0.2, 0.25) is 0 Å². The molecule has 5 nitrogen and oxygen atoms in total. The number of amides is 1. The number of hydrogen-bond donors (Lipinski definition) is 2. The maximum Gasteiger partial charge on any atom is 0.248 e. The summed E-state index contributed by atoms with van der Waals surface area (Å²) in [7, 11) is 0. The van der Waals surface area contributed by atoms with E-state index in [1.165, 1.54) is 12.5 Å². The number of benzene rings is 1. The predicted molar refractivity (Wildman–Crippen MR) is 96.9 cm³/mol. The minimum Gasteiger partial charge on any atom is -0.461 e. The molecule has 2 heterocycles. The Morgan fingerprint density at radius 1 is 1.24 bits per heavy atom. The Balaban J connectivity index is 1.36. The monoisotopic (exact) mass is 333 g/mol. The van der Waals surface area contributed by atoms with Gasteiger partial charge in [0.1, 0.15) is 11.5 Å². The van der Waals surface area contributed by atoms with Crippen molar-refractivity contribution in [3.63, 3.8) is 0 Å². The summed E-state index contributed by atoms with van der Waals surface area (Å²) in [6.45, 7) is 2.22. The quantitative estimate of drug-likeness (QED) is 0.678. The molecule has 2 N–H and O–H groups in total. The van der Waals surface area contributed by atoms with E-state index in [0.29, 0.717) is 17.6 Å². The lowest BCUT2D eigenvalue weighted by Gasteiger charge is -2.03. The van der Waals surface area contributed by atoms with E-state index in [2.05, 4.69) is 22.4 Å². The lowest BCUT2D eigenvalue weighted by atomic mass is 10.1. The molecule has 4 rings (SSSR count). The first-order valence-electron chi connectivity index (χ1n) is 8.37. The van der Waals surface area contributed by atoms with Crippen LogP contribution in [0.1, 0.15) is 30.8 Å². The van der Waals surface area contributed by atoms with Crippen LogP contribution in [0, 0.1) is 5.92 Å². The first-order chi connectivity index (χ1) is 12.2. The second kappa shape index (κ2) is 6.43. The molecule has 1 aliphatic rings. The highest BCUT2D eigenvalue weighted by Crippen LogP contribution is 2.47. The molecule has 0 spiro atoms. The Morgan fingerprint density at radius 2 is 2.04 bits per heavy atom. The Morgan fingerprint density at radius 3 is 2.72 bits per heavy atom. The number of rotatable bonds is 5. The zero-order valence-corrected chi connectivity index (χ0v) is 13.9. The van der Waals surface area contributed by atoms with Crippen molar-refractivity contribution >= 4 is 17.7 Å². The molecule has 5 heteroatoms. The summed E-state index contributed by atoms with van der Waals surface area (Å²) in [4.78, 5) is 12.0. The van der Waals surface area contributed by atoms with E-state index in [0.717, 1.165) is 22.7 Å². The van der Waals surface area contributed by atoms with Crippen LogP contribution in [0.15, 0.2) is 59.2 Å². The zero-order chi connectivity index (χ0) is 17.2. The molecule has 0 bridgehead atoms. The zero-order valence-electron chi connectivity index (χ0n) is 13.9. The Kier molecular flexibility index (Phi) is 3.98. The van der Waals surface area contributed by atoms with Gasteiger partial charge in [0.25, 0.3) is 0 Å². The first kappa shape index (κ1) is 15.4. The third-order valence-electron chi connectivity index (χ3n) is 4.49. The Hall–Kier alpha value is -3.08. The summed E-state index contributed by atoms with van der Waals surface area (Å²) in [5.41, 5.74) is 2.70. The number of furan rings is 1. The molecule has 1 aromatic carbocycles. The topological polar surface area (TPSA) is 70.9 Å². The molecular weight excluding hydrogens is 314 g/mol. The predicted octanol–water partition coefficient (Wildman–Crippen LogP) is 4.45. The summed E-state index contributed by atoms with van der Waals surface area (Å²) >= 11 is 0. The third-order valence-corrected chi connectivity index (χ3v) is 4.49. The van der Waals surface area contributed by atoms with Crippen LogP contribution in [0.25, 0.3) is 17.3 Å². The van der Waals surface area contributed by atoms with E-state index in [9.17, 15) is 4.79 Å². The van der Waals surface area contributed by atoms with Gasteiger partial charge in [-0.1, -0.05) is 19.1 Å². The smallest absolute Gasteiger partial charge is 0.248 e. The molecule has 0 aliphatic heterocycles. The lowest BCUT2D eigenvalue weighted by molar-refractivity contribution is -0.111. The van der Waals surface area contributed by atoms with Gasteiger partial charge in [0, 0.05) is 23.9 Å². The van der Waals surface area contributed by atoms with Crippen LogP contribution < -0.4 is 5.32 Å². The average molecular weight is 333 g/mol. The molecule has 1 fully saturated rings. The summed E-state index contributed by atoms with van der Waals surface area (Å²) in [6.07, 6.45) is 6.08. The van der Waals surface area contributed by atoms with E-state index in [-0.39, 0.29) is 5.91 Å². The average Bonchev–Trinajstić information content (AvgIpc) is 3.06. The molecule has 0 saturated heterocycles. The van der Waals surface area contributed by atoms with Crippen molar-refractivity contribution < 1.29 is 9.21 Å². The maximum atomic E-state index is 12.0. The third kappa shape index (κ3) is 3.55. The van der Waals surface area contributed by atoms with Crippen LogP contribution in [0.4, 0.5) is 5.69 Å². The SMILES string of the molecule is CC1CC1c1ccc(/C=C/C(=O)Nc2ccc(-c3ccn[nH]3)cc2)o1. The molecule has 2 aromatic heterocycles. The highest BCUT2D eigenvalue weighted by Gasteiger charge is 2.36. The van der Waals surface area contributed by atoms with E-state index in [1.54, 1.807) is 12.3 Å². The summed E-state index contributed by atoms with van der Waals surface area (Å²) < 4.78 is 5.76. The van der Waals surface area contributed by atoms with Crippen molar-refractivity contribution in [2.24, 2.45) is 5.92 Å². The van der Waals surface area contributed by atoms with Gasteiger partial charge in [-0.2, -0.15) is 5.10 Å². The van der Waals surface area contributed by atoms with Gasteiger partial charge in [0.15, 0.2) is 0 Å². The van der Waals surface area contributed by atoms with Crippen molar-refractivity contribution in [3.8, 4) is 11.3 Å². The molecule has 1 aliphatic carbocycles. The van der Waals surface area contributed by atoms with Crippen LogP contribution in [0.5, 0.6) is 0 Å². The molecule has 126 valence electrons. The molecular formula is C20H19N3O2. The number of carbonyl (C=O) groups is 1. The second-order valence-electron chi connectivity index (χ2n) is 6.43. The fourth-order valence-corrected chi connectivity index (χ4v) is 2.87. The first-order valence-corrected chi connectivity index (χ1v) is 8.37. The van der Waals surface area contributed by atoms with Gasteiger partial charge in [-0.25, -0.2) is 0 Å². The number of H-pyrrole nitrogens is 1. The van der Waals surface area contributed by atoms with E-state index in [4.69, 9.17) is 4.42 Å². The summed E-state index contributed by atoms with van der Waals surface area (Å²) in [5, 5.41) is 9.68. The fraction of sp³-hybridized carbons (Fsp3) is 0.200. The molecule has 3 aromatic rings. The van der Waals surface area contributed by atoms with Gasteiger partial charge >= 0.3 is 0 Å². The summed E-state index contributed by atoms with van der Waals surface area (Å²) in [5.74, 6) is 2.79. The number of anilines is 1. The van der Waals surface area contributed by atoms with E-state index < -0.39 is 0 Å². The Bertz CT molecular complexity index is 891. The number of nitrogens with zero attached hydrogens (tertiary/aromatic N) is 1. The van der Waals surface area contributed by atoms with Crippen molar-refractivity contribution in [3.05, 3.63) is 66.3 Å². The molecule has 0 radical (unpaired) electrons. The molecule has 2 atom stereocenters. The van der Waals surface area contributed by atoms with Crippen molar-refractivity contribution in [2.45, 2.75) is 19.3 Å². The molecule has 1 saturated carbocycles. The van der Waals surface area contributed by atoms with Crippen molar-refractivity contribution in [1.29, 1.82) is 0 Å². The largest absolute Gasteiger partial charge is 0.461 e. The number of nitrogens with one attached hydrogen (secondary N) is 2. The lowest BCUT2D eigenvalue weighted by Crippen LogP contribution is -2.07. The normalized spacial score (nSPS) is 19.2. The van der Waals surface area contributed by atoms with Crippen LogP contribution >= 0.6 is 0 Å². The van der Waals surface area contributed by atoms with Gasteiger partial charge in [-0.05, 0) is 54.3 Å². The van der Waals surface area contributed by atoms with Crippen LogP contribution in [-0.2, 0) is 4.79 Å². The minimum absolute atomic E-state index is 0.188. The fourth-order valence-electron chi connectivity index (χ4n) is 2.87. The molecule has 1 amide bonds. The van der Waals surface area contributed by atoms with Crippen molar-refractivity contribution in [2.75, 3.05) is 5.32 Å². The number of hydrogen-bond acceptors (Lipinski definition) is 3. The standard InChI is InChI=1S/C20H19N3O2/c1-13-12-17(13)19-8-6-16(25-19)7-9-20(24)22-15-4-2-14(3-5-15)18-10-11-21-23-18/h2-11,13,17H,12H2,1H3,(H,21,23)(H,22,24)/b9-7+. The van der Waals surface area contributed by atoms with Crippen LogP contribution in [0.3, 0.4) is 0 Å². The maximum absolute atomic E-state index is 12.0.